The first kappa shape index (κ1) is 14.2. The predicted octanol–water partition coefficient (Wildman–Crippen LogP) is 3.60. The van der Waals surface area contributed by atoms with Crippen molar-refractivity contribution in [2.45, 2.75) is 26.4 Å². The van der Waals surface area contributed by atoms with Crippen LogP contribution in [0.2, 0.25) is 5.02 Å². The number of carbonyl (C=O) groups excluding carboxylic acids is 1. The Hall–Kier alpha value is -1.82. The molecule has 0 radical (unpaired) electrons. The molecule has 1 aromatic carbocycles. The van der Waals surface area contributed by atoms with Gasteiger partial charge >= 0.3 is 6.09 Å². The molecule has 0 aliphatic heterocycles. The van der Waals surface area contributed by atoms with Gasteiger partial charge in [0.1, 0.15) is 10.6 Å². The molecule has 0 unspecified atom stereocenters. The van der Waals surface area contributed by atoms with E-state index in [1.165, 1.54) is 18.2 Å². The molecular weight excluding hydrogens is 260 g/mol. The van der Waals surface area contributed by atoms with Crippen LogP contribution in [0.25, 0.3) is 0 Å². The van der Waals surface area contributed by atoms with Crippen LogP contribution in [0.1, 0.15) is 20.8 Å². The van der Waals surface area contributed by atoms with E-state index in [1.807, 2.05) is 0 Å². The molecular formula is C11H13ClN2O4. The lowest BCUT2D eigenvalue weighted by Gasteiger charge is -2.19. The SMILES string of the molecule is CC(C)(C)OC(=O)Nc1ccc(Cl)c([N+](=O)[O-])c1. The zero-order valence-corrected chi connectivity index (χ0v) is 10.9. The highest BCUT2D eigenvalue weighted by Gasteiger charge is 2.18. The first-order valence-electron chi connectivity index (χ1n) is 5.13. The van der Waals surface area contributed by atoms with Crippen molar-refractivity contribution in [1.29, 1.82) is 0 Å². The van der Waals surface area contributed by atoms with Crippen molar-refractivity contribution in [3.05, 3.63) is 33.3 Å². The Balaban J connectivity index is 2.83. The summed E-state index contributed by atoms with van der Waals surface area (Å²) in [6.07, 6.45) is -0.681. The summed E-state index contributed by atoms with van der Waals surface area (Å²) in [5.74, 6) is 0. The van der Waals surface area contributed by atoms with Crippen molar-refractivity contribution >= 4 is 29.1 Å². The highest BCUT2D eigenvalue weighted by Crippen LogP contribution is 2.27. The highest BCUT2D eigenvalue weighted by atomic mass is 35.5. The number of nitro benzene ring substituents is 1. The Morgan fingerprint density at radius 2 is 2.06 bits per heavy atom. The molecule has 1 rings (SSSR count). The van der Waals surface area contributed by atoms with Crippen LogP contribution in [0.5, 0.6) is 0 Å². The van der Waals surface area contributed by atoms with Crippen molar-refractivity contribution in [2.75, 3.05) is 5.32 Å². The quantitative estimate of drug-likeness (QED) is 0.659. The van der Waals surface area contributed by atoms with Gasteiger partial charge in [-0.25, -0.2) is 4.79 Å². The Morgan fingerprint density at radius 3 is 2.56 bits per heavy atom. The summed E-state index contributed by atoms with van der Waals surface area (Å²) in [7, 11) is 0. The second-order valence-electron chi connectivity index (χ2n) is 4.55. The molecule has 0 saturated heterocycles. The maximum Gasteiger partial charge on any atom is 0.412 e. The monoisotopic (exact) mass is 272 g/mol. The van der Waals surface area contributed by atoms with Gasteiger partial charge in [-0.3, -0.25) is 15.4 Å². The fourth-order valence-corrected chi connectivity index (χ4v) is 1.34. The van der Waals surface area contributed by atoms with Gasteiger partial charge in [0.05, 0.1) is 10.6 Å². The van der Waals surface area contributed by atoms with Gasteiger partial charge in [0.25, 0.3) is 5.69 Å². The zero-order chi connectivity index (χ0) is 13.9. The molecule has 0 saturated carbocycles. The molecule has 0 aromatic heterocycles. The minimum atomic E-state index is -0.681. The van der Waals surface area contributed by atoms with E-state index >= 15 is 0 Å². The number of nitrogens with zero attached hydrogens (tertiary/aromatic N) is 1. The van der Waals surface area contributed by atoms with Gasteiger partial charge in [0.15, 0.2) is 0 Å². The summed E-state index contributed by atoms with van der Waals surface area (Å²) < 4.78 is 5.02. The third-order valence-electron chi connectivity index (χ3n) is 1.79. The van der Waals surface area contributed by atoms with Crippen LogP contribution < -0.4 is 5.32 Å². The van der Waals surface area contributed by atoms with E-state index in [2.05, 4.69) is 5.32 Å². The number of ether oxygens (including phenoxy) is 1. The molecule has 0 bridgehead atoms. The normalized spacial score (nSPS) is 10.9. The van der Waals surface area contributed by atoms with Crippen molar-refractivity contribution in [3.8, 4) is 0 Å². The molecule has 1 N–H and O–H groups in total. The van der Waals surface area contributed by atoms with Crippen LogP contribution in [-0.4, -0.2) is 16.6 Å². The molecule has 0 heterocycles. The van der Waals surface area contributed by atoms with Crippen LogP contribution in [-0.2, 0) is 4.74 Å². The number of halogens is 1. The van der Waals surface area contributed by atoms with Gasteiger partial charge < -0.3 is 4.74 Å². The summed E-state index contributed by atoms with van der Waals surface area (Å²) in [4.78, 5) is 21.5. The van der Waals surface area contributed by atoms with Gasteiger partial charge in [0, 0.05) is 6.07 Å². The smallest absolute Gasteiger partial charge is 0.412 e. The average molecular weight is 273 g/mol. The Kier molecular flexibility index (Phi) is 4.13. The van der Waals surface area contributed by atoms with Crippen molar-refractivity contribution in [3.63, 3.8) is 0 Å². The fraction of sp³-hybridized carbons (Fsp3) is 0.364. The number of anilines is 1. The Bertz CT molecular complexity index is 482. The van der Waals surface area contributed by atoms with E-state index in [0.29, 0.717) is 0 Å². The van der Waals surface area contributed by atoms with Gasteiger partial charge in [0.2, 0.25) is 0 Å². The molecule has 0 fully saturated rings. The van der Waals surface area contributed by atoms with E-state index in [-0.39, 0.29) is 16.4 Å². The number of rotatable bonds is 2. The van der Waals surface area contributed by atoms with Crippen molar-refractivity contribution in [1.82, 2.24) is 0 Å². The number of nitro groups is 1. The minimum Gasteiger partial charge on any atom is -0.444 e. The summed E-state index contributed by atoms with van der Waals surface area (Å²) in [6, 6.07) is 3.97. The number of hydrogen-bond donors (Lipinski definition) is 1. The molecule has 0 aliphatic carbocycles. The van der Waals surface area contributed by atoms with Crippen LogP contribution in [0.4, 0.5) is 16.2 Å². The second-order valence-corrected chi connectivity index (χ2v) is 4.96. The van der Waals surface area contributed by atoms with Crippen molar-refractivity contribution in [2.24, 2.45) is 0 Å². The van der Waals surface area contributed by atoms with Crippen molar-refractivity contribution < 1.29 is 14.5 Å². The van der Waals surface area contributed by atoms with Gasteiger partial charge in [-0.1, -0.05) is 11.6 Å². The molecule has 7 heteroatoms. The van der Waals surface area contributed by atoms with E-state index < -0.39 is 16.6 Å². The lowest BCUT2D eigenvalue weighted by Crippen LogP contribution is -2.27. The number of hydrogen-bond acceptors (Lipinski definition) is 4. The summed E-state index contributed by atoms with van der Waals surface area (Å²) in [5.41, 5.74) is -0.659. The third-order valence-corrected chi connectivity index (χ3v) is 2.11. The van der Waals surface area contributed by atoms with Crippen LogP contribution in [0.15, 0.2) is 18.2 Å². The Morgan fingerprint density at radius 1 is 1.44 bits per heavy atom. The third kappa shape index (κ3) is 4.21. The van der Waals surface area contributed by atoms with Gasteiger partial charge in [-0.05, 0) is 32.9 Å². The van der Waals surface area contributed by atoms with E-state index in [9.17, 15) is 14.9 Å². The van der Waals surface area contributed by atoms with E-state index in [0.717, 1.165) is 0 Å². The number of carbonyl (C=O) groups is 1. The standard InChI is InChI=1S/C11H13ClN2O4/c1-11(2,3)18-10(15)13-7-4-5-8(12)9(6-7)14(16)17/h4-6H,1-3H3,(H,13,15). The van der Waals surface area contributed by atoms with Gasteiger partial charge in [-0.15, -0.1) is 0 Å². The lowest BCUT2D eigenvalue weighted by atomic mass is 10.2. The maximum absolute atomic E-state index is 11.5. The first-order chi connectivity index (χ1) is 8.19. The number of nitrogens with one attached hydrogen (secondary N) is 1. The molecule has 18 heavy (non-hydrogen) atoms. The first-order valence-corrected chi connectivity index (χ1v) is 5.51. The Labute approximate surface area is 109 Å². The molecule has 98 valence electrons. The van der Waals surface area contributed by atoms with Gasteiger partial charge in [-0.2, -0.15) is 0 Å². The minimum absolute atomic E-state index is 0.00902. The van der Waals surface area contributed by atoms with Crippen LogP contribution in [0, 0.1) is 10.1 Å². The zero-order valence-electron chi connectivity index (χ0n) is 10.2. The molecule has 0 spiro atoms. The van der Waals surface area contributed by atoms with E-state index in [1.54, 1.807) is 20.8 Å². The molecule has 0 atom stereocenters. The molecule has 1 amide bonds. The summed E-state index contributed by atoms with van der Waals surface area (Å²) >= 11 is 5.65. The van der Waals surface area contributed by atoms with E-state index in [4.69, 9.17) is 16.3 Å². The molecule has 6 nitrogen and oxygen atoms in total. The second kappa shape index (κ2) is 5.22. The van der Waals surface area contributed by atoms with Crippen LogP contribution >= 0.6 is 11.6 Å². The molecule has 1 aromatic rings. The fourth-order valence-electron chi connectivity index (χ4n) is 1.15. The topological polar surface area (TPSA) is 81.5 Å². The number of amides is 1. The summed E-state index contributed by atoms with van der Waals surface area (Å²) in [6.45, 7) is 5.16. The largest absolute Gasteiger partial charge is 0.444 e. The van der Waals surface area contributed by atoms with Crippen LogP contribution in [0.3, 0.4) is 0 Å². The lowest BCUT2D eigenvalue weighted by molar-refractivity contribution is -0.384. The number of benzene rings is 1. The highest BCUT2D eigenvalue weighted by molar-refractivity contribution is 6.32. The molecule has 0 aliphatic rings. The average Bonchev–Trinajstić information content (AvgIpc) is 2.17. The summed E-state index contributed by atoms with van der Waals surface area (Å²) in [5, 5.41) is 13.1. The predicted molar refractivity (Wildman–Crippen MR) is 68.0 cm³/mol. The maximum atomic E-state index is 11.5.